The molecule has 1 N–H and O–H groups in total. The lowest BCUT2D eigenvalue weighted by Crippen LogP contribution is -2.29. The topological polar surface area (TPSA) is 118 Å². The largest absolute Gasteiger partial charge is 0.507 e. The zero-order valence-corrected chi connectivity index (χ0v) is 17.5. The van der Waals surface area contributed by atoms with Gasteiger partial charge in [0.1, 0.15) is 5.76 Å². The van der Waals surface area contributed by atoms with Crippen LogP contribution in [0.15, 0.2) is 84.4 Å². The fourth-order valence-electron chi connectivity index (χ4n) is 3.80. The molecule has 0 radical (unpaired) electrons. The van der Waals surface area contributed by atoms with Crippen molar-refractivity contribution in [1.29, 1.82) is 0 Å². The smallest absolute Gasteiger partial charge is 0.300 e. The number of hydrogen-bond acceptors (Lipinski definition) is 6. The van der Waals surface area contributed by atoms with Gasteiger partial charge in [0.15, 0.2) is 5.78 Å². The molecule has 1 amide bonds. The lowest BCUT2D eigenvalue weighted by Gasteiger charge is -2.25. The summed E-state index contributed by atoms with van der Waals surface area (Å²) in [6, 6.07) is 19.2. The molecule has 3 aromatic carbocycles. The van der Waals surface area contributed by atoms with Crippen molar-refractivity contribution in [2.24, 2.45) is 0 Å². The molecule has 33 heavy (non-hydrogen) atoms. The van der Waals surface area contributed by atoms with Crippen LogP contribution in [0.1, 0.15) is 34.5 Å². The summed E-state index contributed by atoms with van der Waals surface area (Å²) >= 11 is 0. The second kappa shape index (κ2) is 8.51. The van der Waals surface area contributed by atoms with Gasteiger partial charge in [-0.05, 0) is 48.9 Å². The molecule has 4 rings (SSSR count). The van der Waals surface area contributed by atoms with Crippen LogP contribution in [0.5, 0.6) is 0 Å². The minimum atomic E-state index is -0.926. The highest BCUT2D eigenvalue weighted by atomic mass is 16.6. The average molecular weight is 442 g/mol. The van der Waals surface area contributed by atoms with Crippen LogP contribution in [0, 0.1) is 10.1 Å². The number of carbonyl (C=O) groups is 3. The maximum atomic E-state index is 13.1. The van der Waals surface area contributed by atoms with Crippen LogP contribution in [0.2, 0.25) is 0 Å². The summed E-state index contributed by atoms with van der Waals surface area (Å²) in [5.74, 6) is -2.28. The minimum Gasteiger partial charge on any atom is -0.507 e. The Kier molecular flexibility index (Phi) is 5.58. The Morgan fingerprint density at radius 1 is 0.909 bits per heavy atom. The normalized spacial score (nSPS) is 17.2. The van der Waals surface area contributed by atoms with Crippen molar-refractivity contribution >= 4 is 34.6 Å². The Labute approximate surface area is 188 Å². The predicted molar refractivity (Wildman–Crippen MR) is 121 cm³/mol. The number of ketones is 2. The molecule has 8 heteroatoms. The fraction of sp³-hybridized carbons (Fsp3) is 0.0800. The molecule has 0 spiro atoms. The zero-order chi connectivity index (χ0) is 23.7. The number of amides is 1. The predicted octanol–water partition coefficient (Wildman–Crippen LogP) is 4.42. The summed E-state index contributed by atoms with van der Waals surface area (Å²) in [6.45, 7) is 1.43. The zero-order valence-electron chi connectivity index (χ0n) is 17.5. The molecule has 1 aliphatic heterocycles. The molecule has 3 aromatic rings. The molecule has 1 saturated heterocycles. The maximum absolute atomic E-state index is 13.1. The molecule has 1 aliphatic rings. The van der Waals surface area contributed by atoms with E-state index in [0.29, 0.717) is 16.8 Å². The molecule has 1 fully saturated rings. The van der Waals surface area contributed by atoms with E-state index in [1.807, 2.05) is 0 Å². The van der Waals surface area contributed by atoms with Crippen molar-refractivity contribution in [3.05, 3.63) is 111 Å². The Morgan fingerprint density at radius 3 is 2.03 bits per heavy atom. The van der Waals surface area contributed by atoms with Crippen LogP contribution in [0.25, 0.3) is 5.76 Å². The number of carbonyl (C=O) groups excluding carboxylic acids is 3. The maximum Gasteiger partial charge on any atom is 0.300 e. The number of anilines is 1. The number of aliphatic hydroxyl groups is 1. The lowest BCUT2D eigenvalue weighted by molar-refractivity contribution is -0.384. The third-order valence-electron chi connectivity index (χ3n) is 5.46. The summed E-state index contributed by atoms with van der Waals surface area (Å²) in [6.07, 6.45) is 0. The van der Waals surface area contributed by atoms with Gasteiger partial charge in [-0.3, -0.25) is 29.4 Å². The Balaban J connectivity index is 1.88. The van der Waals surface area contributed by atoms with Crippen LogP contribution in [0.3, 0.4) is 0 Å². The first kappa shape index (κ1) is 21.6. The molecular weight excluding hydrogens is 424 g/mol. The van der Waals surface area contributed by atoms with E-state index in [0.717, 1.165) is 0 Å². The SMILES string of the molecule is CC(=O)c1ccc(N2C(=O)C(=O)C(=C(O)c3ccc([N+](=O)[O-])cc3)[C@@H]2c2ccccc2)cc1. The van der Waals surface area contributed by atoms with Gasteiger partial charge in [0.25, 0.3) is 17.4 Å². The van der Waals surface area contributed by atoms with E-state index in [-0.39, 0.29) is 22.6 Å². The van der Waals surface area contributed by atoms with Crippen molar-refractivity contribution in [1.82, 2.24) is 0 Å². The van der Waals surface area contributed by atoms with Crippen molar-refractivity contribution < 1.29 is 24.4 Å². The second-order valence-electron chi connectivity index (χ2n) is 7.49. The lowest BCUT2D eigenvalue weighted by atomic mass is 9.95. The number of aliphatic hydroxyl groups excluding tert-OH is 1. The van der Waals surface area contributed by atoms with Gasteiger partial charge in [0.2, 0.25) is 0 Å². The van der Waals surface area contributed by atoms with Crippen LogP contribution in [-0.2, 0) is 9.59 Å². The van der Waals surface area contributed by atoms with Crippen LogP contribution >= 0.6 is 0 Å². The number of benzene rings is 3. The van der Waals surface area contributed by atoms with Gasteiger partial charge < -0.3 is 5.11 Å². The highest BCUT2D eigenvalue weighted by molar-refractivity contribution is 6.51. The molecule has 8 nitrogen and oxygen atoms in total. The fourth-order valence-corrected chi connectivity index (χ4v) is 3.80. The van der Waals surface area contributed by atoms with Gasteiger partial charge in [-0.1, -0.05) is 30.3 Å². The minimum absolute atomic E-state index is 0.129. The van der Waals surface area contributed by atoms with Gasteiger partial charge in [0.05, 0.1) is 16.5 Å². The third kappa shape index (κ3) is 3.89. The third-order valence-corrected chi connectivity index (χ3v) is 5.46. The highest BCUT2D eigenvalue weighted by Gasteiger charge is 2.46. The molecule has 0 aromatic heterocycles. The van der Waals surface area contributed by atoms with Crippen molar-refractivity contribution in [3.8, 4) is 0 Å². The first-order chi connectivity index (χ1) is 15.8. The van der Waals surface area contributed by atoms with Gasteiger partial charge in [-0.15, -0.1) is 0 Å². The van der Waals surface area contributed by atoms with Gasteiger partial charge in [-0.2, -0.15) is 0 Å². The monoisotopic (exact) mass is 442 g/mol. The van der Waals surface area contributed by atoms with E-state index in [2.05, 4.69) is 0 Å². The van der Waals surface area contributed by atoms with Gasteiger partial charge in [-0.25, -0.2) is 0 Å². The van der Waals surface area contributed by atoms with E-state index in [9.17, 15) is 29.6 Å². The van der Waals surface area contributed by atoms with E-state index in [1.165, 1.54) is 36.1 Å². The Hall–Kier alpha value is -4.59. The molecule has 1 atom stereocenters. The van der Waals surface area contributed by atoms with Gasteiger partial charge >= 0.3 is 0 Å². The number of non-ortho nitro benzene ring substituents is 1. The standard InChI is InChI=1S/C25H18N2O6/c1-15(28)16-7-11-19(12-8-16)26-22(17-5-3-2-4-6-17)21(24(30)25(26)31)23(29)18-9-13-20(14-10-18)27(32)33/h2-14,22,29H,1H3/t22-/m0/s1. The summed E-state index contributed by atoms with van der Waals surface area (Å²) in [4.78, 5) is 49.4. The van der Waals surface area contributed by atoms with E-state index in [1.54, 1.807) is 54.6 Å². The van der Waals surface area contributed by atoms with E-state index < -0.39 is 28.4 Å². The number of nitrogens with zero attached hydrogens (tertiary/aromatic N) is 2. The Morgan fingerprint density at radius 2 is 1.48 bits per heavy atom. The number of hydrogen-bond donors (Lipinski definition) is 1. The van der Waals surface area contributed by atoms with E-state index in [4.69, 9.17) is 0 Å². The second-order valence-corrected chi connectivity index (χ2v) is 7.49. The highest BCUT2D eigenvalue weighted by Crippen LogP contribution is 2.42. The van der Waals surface area contributed by atoms with Crippen molar-refractivity contribution in [2.75, 3.05) is 4.90 Å². The number of nitro groups is 1. The first-order valence-corrected chi connectivity index (χ1v) is 10.0. The summed E-state index contributed by atoms with van der Waals surface area (Å²) in [5.41, 5.74) is 1.31. The molecule has 1 heterocycles. The molecule has 164 valence electrons. The molecule has 0 unspecified atom stereocenters. The summed E-state index contributed by atoms with van der Waals surface area (Å²) in [7, 11) is 0. The number of rotatable bonds is 5. The quantitative estimate of drug-likeness (QED) is 0.156. The van der Waals surface area contributed by atoms with Crippen LogP contribution in [-0.4, -0.2) is 27.5 Å². The summed E-state index contributed by atoms with van der Waals surface area (Å²) < 4.78 is 0. The van der Waals surface area contributed by atoms with Crippen molar-refractivity contribution in [3.63, 3.8) is 0 Å². The van der Waals surface area contributed by atoms with Crippen LogP contribution < -0.4 is 4.90 Å². The number of nitro benzene ring substituents is 1. The molecular formula is C25H18N2O6. The summed E-state index contributed by atoms with van der Waals surface area (Å²) in [5, 5.41) is 22.0. The Bertz CT molecular complexity index is 1290. The van der Waals surface area contributed by atoms with Crippen LogP contribution in [0.4, 0.5) is 11.4 Å². The number of Topliss-reactive ketones (excluding diaryl/α,β-unsaturated/α-hetero) is 2. The molecule has 0 bridgehead atoms. The molecule has 0 saturated carbocycles. The molecule has 0 aliphatic carbocycles. The van der Waals surface area contributed by atoms with Gasteiger partial charge in [0, 0.05) is 28.9 Å². The van der Waals surface area contributed by atoms with Crippen molar-refractivity contribution in [2.45, 2.75) is 13.0 Å². The average Bonchev–Trinajstić information content (AvgIpc) is 3.09. The van der Waals surface area contributed by atoms with E-state index >= 15 is 0 Å². The first-order valence-electron chi connectivity index (χ1n) is 10.0.